The van der Waals surface area contributed by atoms with Crippen LogP contribution in [0.2, 0.25) is 0 Å². The quantitative estimate of drug-likeness (QED) is 0.799. The van der Waals surface area contributed by atoms with E-state index in [-0.39, 0.29) is 18.2 Å². The van der Waals surface area contributed by atoms with Crippen molar-refractivity contribution in [3.63, 3.8) is 0 Å². The molecule has 1 aromatic rings. The Morgan fingerprint density at radius 3 is 2.52 bits per heavy atom. The van der Waals surface area contributed by atoms with E-state index in [2.05, 4.69) is 21.2 Å². The SMILES string of the molecule is NC(=O)C1(NC(=O)C2CC(=O)N(c3ccccc3Br)C2)CCCCC1. The molecule has 6 nitrogen and oxygen atoms in total. The summed E-state index contributed by atoms with van der Waals surface area (Å²) in [6.45, 7) is 0.308. The van der Waals surface area contributed by atoms with E-state index in [0.29, 0.717) is 19.4 Å². The molecule has 1 aromatic carbocycles. The van der Waals surface area contributed by atoms with E-state index in [1.165, 1.54) is 0 Å². The molecule has 1 atom stereocenters. The van der Waals surface area contributed by atoms with Crippen LogP contribution in [0.5, 0.6) is 0 Å². The van der Waals surface area contributed by atoms with Gasteiger partial charge in [0.1, 0.15) is 5.54 Å². The molecule has 1 saturated carbocycles. The average molecular weight is 408 g/mol. The lowest BCUT2D eigenvalue weighted by atomic mass is 9.80. The van der Waals surface area contributed by atoms with Gasteiger partial charge in [-0.05, 0) is 40.9 Å². The monoisotopic (exact) mass is 407 g/mol. The van der Waals surface area contributed by atoms with E-state index in [9.17, 15) is 14.4 Å². The summed E-state index contributed by atoms with van der Waals surface area (Å²) in [5.41, 5.74) is 5.37. The van der Waals surface area contributed by atoms with Crippen molar-refractivity contribution in [2.45, 2.75) is 44.1 Å². The van der Waals surface area contributed by atoms with Gasteiger partial charge in [-0.3, -0.25) is 14.4 Å². The van der Waals surface area contributed by atoms with Crippen LogP contribution < -0.4 is 16.0 Å². The minimum atomic E-state index is -0.959. The number of para-hydroxylation sites is 1. The van der Waals surface area contributed by atoms with Crippen LogP contribution in [0.3, 0.4) is 0 Å². The third-order valence-corrected chi connectivity index (χ3v) is 5.85. The Labute approximate surface area is 155 Å². The number of rotatable bonds is 4. The number of amides is 3. The average Bonchev–Trinajstić information content (AvgIpc) is 2.98. The third-order valence-electron chi connectivity index (χ3n) is 5.18. The normalized spacial score (nSPS) is 22.7. The van der Waals surface area contributed by atoms with Gasteiger partial charge in [-0.15, -0.1) is 0 Å². The van der Waals surface area contributed by atoms with E-state index in [0.717, 1.165) is 29.4 Å². The van der Waals surface area contributed by atoms with Crippen molar-refractivity contribution in [2.24, 2.45) is 11.7 Å². The van der Waals surface area contributed by atoms with Crippen LogP contribution >= 0.6 is 15.9 Å². The lowest BCUT2D eigenvalue weighted by Crippen LogP contribution is -2.59. The molecule has 0 bridgehead atoms. The Kier molecular flexibility index (Phi) is 5.13. The highest BCUT2D eigenvalue weighted by molar-refractivity contribution is 9.10. The summed E-state index contributed by atoms with van der Waals surface area (Å²) in [6, 6.07) is 7.43. The molecule has 0 radical (unpaired) electrons. The predicted molar refractivity (Wildman–Crippen MR) is 97.8 cm³/mol. The van der Waals surface area contributed by atoms with E-state index in [1.54, 1.807) is 4.90 Å². The molecule has 1 saturated heterocycles. The van der Waals surface area contributed by atoms with Crippen LogP contribution in [-0.4, -0.2) is 29.8 Å². The molecule has 1 aliphatic carbocycles. The van der Waals surface area contributed by atoms with E-state index < -0.39 is 17.4 Å². The van der Waals surface area contributed by atoms with Crippen molar-refractivity contribution < 1.29 is 14.4 Å². The Morgan fingerprint density at radius 1 is 1.20 bits per heavy atom. The Hall–Kier alpha value is -1.89. The van der Waals surface area contributed by atoms with Crippen LogP contribution in [0.25, 0.3) is 0 Å². The number of anilines is 1. The van der Waals surface area contributed by atoms with Gasteiger partial charge in [0.2, 0.25) is 17.7 Å². The van der Waals surface area contributed by atoms with E-state index >= 15 is 0 Å². The number of carbonyl (C=O) groups is 3. The van der Waals surface area contributed by atoms with Crippen LogP contribution in [-0.2, 0) is 14.4 Å². The van der Waals surface area contributed by atoms with Gasteiger partial charge in [0.05, 0.1) is 11.6 Å². The number of nitrogens with one attached hydrogen (secondary N) is 1. The largest absolute Gasteiger partial charge is 0.368 e. The summed E-state index contributed by atoms with van der Waals surface area (Å²) in [6.07, 6.45) is 4.07. The Morgan fingerprint density at radius 2 is 1.88 bits per heavy atom. The van der Waals surface area contributed by atoms with Crippen molar-refractivity contribution in [1.82, 2.24) is 5.32 Å². The number of hydrogen-bond donors (Lipinski definition) is 2. The number of nitrogens with two attached hydrogens (primary N) is 1. The van der Waals surface area contributed by atoms with Gasteiger partial charge in [-0.2, -0.15) is 0 Å². The van der Waals surface area contributed by atoms with E-state index in [1.807, 2.05) is 24.3 Å². The van der Waals surface area contributed by atoms with Crippen molar-refractivity contribution >= 4 is 39.3 Å². The highest BCUT2D eigenvalue weighted by Gasteiger charge is 2.43. The predicted octanol–water partition coefficient (Wildman–Crippen LogP) is 2.11. The zero-order chi connectivity index (χ0) is 18.0. The van der Waals surface area contributed by atoms with Gasteiger partial charge in [0.25, 0.3) is 0 Å². The maximum atomic E-state index is 12.7. The van der Waals surface area contributed by atoms with Gasteiger partial charge in [0, 0.05) is 17.4 Å². The number of primary amides is 1. The molecule has 2 fully saturated rings. The van der Waals surface area contributed by atoms with Gasteiger partial charge < -0.3 is 16.0 Å². The number of benzene rings is 1. The lowest BCUT2D eigenvalue weighted by Gasteiger charge is -2.35. The Bertz CT molecular complexity index is 701. The van der Waals surface area contributed by atoms with Crippen molar-refractivity contribution in [3.05, 3.63) is 28.7 Å². The highest BCUT2D eigenvalue weighted by atomic mass is 79.9. The molecule has 0 spiro atoms. The Balaban J connectivity index is 1.72. The van der Waals surface area contributed by atoms with Crippen LogP contribution in [0.1, 0.15) is 38.5 Å². The molecule has 1 aliphatic heterocycles. The molecule has 1 heterocycles. The first kappa shape index (κ1) is 17.9. The third kappa shape index (κ3) is 3.56. The molecule has 3 amide bonds. The summed E-state index contributed by atoms with van der Waals surface area (Å²) in [5, 5.41) is 2.88. The molecular weight excluding hydrogens is 386 g/mol. The fourth-order valence-electron chi connectivity index (χ4n) is 3.71. The molecule has 3 rings (SSSR count). The number of hydrogen-bond acceptors (Lipinski definition) is 3. The maximum Gasteiger partial charge on any atom is 0.243 e. The molecule has 25 heavy (non-hydrogen) atoms. The summed E-state index contributed by atoms with van der Waals surface area (Å²) in [7, 11) is 0. The van der Waals surface area contributed by atoms with E-state index in [4.69, 9.17) is 5.73 Å². The number of halogens is 1. The first-order valence-corrected chi connectivity index (χ1v) is 9.39. The van der Waals surface area contributed by atoms with Crippen molar-refractivity contribution in [3.8, 4) is 0 Å². The molecule has 0 aromatic heterocycles. The van der Waals surface area contributed by atoms with Crippen molar-refractivity contribution in [1.29, 1.82) is 0 Å². The molecule has 1 unspecified atom stereocenters. The summed E-state index contributed by atoms with van der Waals surface area (Å²) in [5.74, 6) is -1.31. The van der Waals surface area contributed by atoms with Crippen LogP contribution in [0.4, 0.5) is 5.69 Å². The van der Waals surface area contributed by atoms with Crippen LogP contribution in [0.15, 0.2) is 28.7 Å². The molecule has 3 N–H and O–H groups in total. The first-order valence-electron chi connectivity index (χ1n) is 8.60. The van der Waals surface area contributed by atoms with Crippen LogP contribution in [0, 0.1) is 5.92 Å². The first-order chi connectivity index (χ1) is 11.9. The highest BCUT2D eigenvalue weighted by Crippen LogP contribution is 2.33. The maximum absolute atomic E-state index is 12.7. The molecule has 7 heteroatoms. The molecular formula is C18H22BrN3O3. The second kappa shape index (κ2) is 7.15. The second-order valence-corrected chi connectivity index (χ2v) is 7.71. The lowest BCUT2D eigenvalue weighted by molar-refractivity contribution is -0.135. The molecule has 134 valence electrons. The summed E-state index contributed by atoms with van der Waals surface area (Å²) >= 11 is 3.44. The zero-order valence-corrected chi connectivity index (χ0v) is 15.5. The van der Waals surface area contributed by atoms with Gasteiger partial charge in [0.15, 0.2) is 0 Å². The summed E-state index contributed by atoms with van der Waals surface area (Å²) in [4.78, 5) is 38.7. The van der Waals surface area contributed by atoms with Crippen molar-refractivity contribution in [2.75, 3.05) is 11.4 Å². The topological polar surface area (TPSA) is 92.5 Å². The fourth-order valence-corrected chi connectivity index (χ4v) is 4.21. The minimum Gasteiger partial charge on any atom is -0.368 e. The minimum absolute atomic E-state index is 0.0937. The number of carbonyl (C=O) groups excluding carboxylic acids is 3. The summed E-state index contributed by atoms with van der Waals surface area (Å²) < 4.78 is 0.810. The van der Waals surface area contributed by atoms with Gasteiger partial charge in [-0.25, -0.2) is 0 Å². The van der Waals surface area contributed by atoms with Gasteiger partial charge >= 0.3 is 0 Å². The standard InChI is InChI=1S/C18H22BrN3O3/c19-13-6-2-3-7-14(13)22-11-12(10-15(22)23)16(24)21-18(17(20)25)8-4-1-5-9-18/h2-3,6-7,12H,1,4-5,8-11H2,(H2,20,25)(H,21,24). The van der Waals surface area contributed by atoms with Gasteiger partial charge in [-0.1, -0.05) is 31.4 Å². The molecule has 2 aliphatic rings. The smallest absolute Gasteiger partial charge is 0.243 e. The number of nitrogens with zero attached hydrogens (tertiary/aromatic N) is 1. The fraction of sp³-hybridized carbons (Fsp3) is 0.500. The second-order valence-electron chi connectivity index (χ2n) is 6.85. The zero-order valence-electron chi connectivity index (χ0n) is 14.0.